The molecule has 1 fully saturated rings. The molecule has 1 saturated heterocycles. The van der Waals surface area contributed by atoms with Crippen molar-refractivity contribution in [1.82, 2.24) is 4.90 Å². The van der Waals surface area contributed by atoms with Gasteiger partial charge in [0.1, 0.15) is 0 Å². The number of benzene rings is 1. The molecule has 0 amide bonds. The second-order valence-electron chi connectivity index (χ2n) is 9.26. The lowest BCUT2D eigenvalue weighted by Gasteiger charge is -2.35. The maximum absolute atomic E-state index is 2.76. The van der Waals surface area contributed by atoms with Crippen LogP contribution in [-0.2, 0) is 0 Å². The van der Waals surface area contributed by atoms with Crippen LogP contribution in [0.2, 0.25) is 0 Å². The van der Waals surface area contributed by atoms with Crippen molar-refractivity contribution < 1.29 is 0 Å². The number of rotatable bonds is 10. The Hall–Kier alpha value is -1.02. The molecule has 1 heterocycles. The second-order valence-corrected chi connectivity index (χ2v) is 9.26. The predicted molar refractivity (Wildman–Crippen MR) is 121 cm³/mol. The average Bonchev–Trinajstić information content (AvgIpc) is 2.66. The normalized spacial score (nSPS) is 18.4. The number of nitrogens with zero attached hydrogens (tertiary/aromatic N) is 2. The highest BCUT2D eigenvalue weighted by Crippen LogP contribution is 2.32. The van der Waals surface area contributed by atoms with E-state index >= 15 is 0 Å². The van der Waals surface area contributed by atoms with Crippen LogP contribution in [0.15, 0.2) is 18.2 Å². The van der Waals surface area contributed by atoms with E-state index in [4.69, 9.17) is 0 Å². The number of aryl methyl sites for hydroxylation is 1. The summed E-state index contributed by atoms with van der Waals surface area (Å²) in [6.07, 6.45) is 9.54. The Bertz CT molecular complexity index is 543. The summed E-state index contributed by atoms with van der Waals surface area (Å²) in [5, 5.41) is 0. The van der Waals surface area contributed by atoms with Crippen molar-refractivity contribution in [3.8, 4) is 0 Å². The molecule has 2 unspecified atom stereocenters. The van der Waals surface area contributed by atoms with Gasteiger partial charge < -0.3 is 9.80 Å². The molecule has 1 aliphatic rings. The summed E-state index contributed by atoms with van der Waals surface area (Å²) in [5.41, 5.74) is 4.30. The molecule has 154 valence electrons. The lowest BCUT2D eigenvalue weighted by atomic mass is 9.87. The molecule has 0 spiro atoms. The predicted octanol–water partition coefficient (Wildman–Crippen LogP) is 6.48. The standard InChI is InChI=1S/C25H44N2/c1-7-9-22(12-10-20(3)8-2)19-27-16-14-23(15-17-27)24-13-11-21(4)25(18-24)26(5)6/h11,13,18,20,22-23H,7-10,12,14-17,19H2,1-6H3. The number of piperidine rings is 1. The smallest absolute Gasteiger partial charge is 0.0393 e. The molecule has 1 aromatic rings. The Morgan fingerprint density at radius 2 is 1.78 bits per heavy atom. The molecule has 0 aliphatic carbocycles. The lowest BCUT2D eigenvalue weighted by molar-refractivity contribution is 0.170. The Morgan fingerprint density at radius 3 is 2.37 bits per heavy atom. The summed E-state index contributed by atoms with van der Waals surface area (Å²) in [7, 11) is 4.31. The quantitative estimate of drug-likeness (QED) is 0.463. The van der Waals surface area contributed by atoms with E-state index in [0.29, 0.717) is 0 Å². The molecule has 0 aromatic heterocycles. The van der Waals surface area contributed by atoms with E-state index in [1.54, 1.807) is 5.56 Å². The van der Waals surface area contributed by atoms with Gasteiger partial charge in [-0.3, -0.25) is 0 Å². The first-order valence-corrected chi connectivity index (χ1v) is 11.4. The van der Waals surface area contributed by atoms with Gasteiger partial charge in [0.15, 0.2) is 0 Å². The van der Waals surface area contributed by atoms with Gasteiger partial charge in [0.05, 0.1) is 0 Å². The highest BCUT2D eigenvalue weighted by Gasteiger charge is 2.23. The van der Waals surface area contributed by atoms with Gasteiger partial charge in [-0.05, 0) is 80.6 Å². The maximum Gasteiger partial charge on any atom is 0.0393 e. The average molecular weight is 373 g/mol. The molecular formula is C25H44N2. The minimum absolute atomic E-state index is 0.741. The van der Waals surface area contributed by atoms with E-state index in [9.17, 15) is 0 Å². The molecule has 2 heteroatoms. The first kappa shape index (κ1) is 22.3. The summed E-state index contributed by atoms with van der Waals surface area (Å²) in [4.78, 5) is 5.01. The molecule has 0 bridgehead atoms. The molecule has 2 rings (SSSR count). The van der Waals surface area contributed by atoms with Gasteiger partial charge in [-0.2, -0.15) is 0 Å². The van der Waals surface area contributed by atoms with E-state index in [1.807, 2.05) is 0 Å². The van der Waals surface area contributed by atoms with Crippen LogP contribution in [0.3, 0.4) is 0 Å². The molecule has 2 nitrogen and oxygen atoms in total. The summed E-state index contributed by atoms with van der Waals surface area (Å²) >= 11 is 0. The topological polar surface area (TPSA) is 6.48 Å². The Kier molecular flexibility index (Phi) is 9.15. The van der Waals surface area contributed by atoms with Crippen LogP contribution in [-0.4, -0.2) is 38.6 Å². The minimum Gasteiger partial charge on any atom is -0.377 e. The monoisotopic (exact) mass is 372 g/mol. The van der Waals surface area contributed by atoms with Crippen molar-refractivity contribution in [3.05, 3.63) is 29.3 Å². The van der Waals surface area contributed by atoms with E-state index < -0.39 is 0 Å². The maximum atomic E-state index is 2.76. The summed E-state index contributed by atoms with van der Waals surface area (Å²) in [6.45, 7) is 13.2. The molecule has 1 aromatic carbocycles. The van der Waals surface area contributed by atoms with Crippen LogP contribution < -0.4 is 4.90 Å². The Labute approximate surface area is 169 Å². The van der Waals surface area contributed by atoms with Crippen molar-refractivity contribution in [3.63, 3.8) is 0 Å². The SMILES string of the molecule is CCCC(CCC(C)CC)CN1CCC(c2ccc(C)c(N(C)C)c2)CC1. The fourth-order valence-electron chi connectivity index (χ4n) is 4.64. The van der Waals surface area contributed by atoms with Crippen LogP contribution in [0.4, 0.5) is 5.69 Å². The molecular weight excluding hydrogens is 328 g/mol. The van der Waals surface area contributed by atoms with Crippen molar-refractivity contribution >= 4 is 5.69 Å². The van der Waals surface area contributed by atoms with Gasteiger partial charge in [-0.1, -0.05) is 52.2 Å². The summed E-state index contributed by atoms with van der Waals surface area (Å²) in [5.74, 6) is 2.54. The molecule has 27 heavy (non-hydrogen) atoms. The van der Waals surface area contributed by atoms with E-state index in [0.717, 1.165) is 17.8 Å². The molecule has 0 radical (unpaired) electrons. The van der Waals surface area contributed by atoms with Gasteiger partial charge >= 0.3 is 0 Å². The molecule has 0 saturated carbocycles. The lowest BCUT2D eigenvalue weighted by Crippen LogP contribution is -2.36. The minimum atomic E-state index is 0.741. The highest BCUT2D eigenvalue weighted by atomic mass is 15.1. The van der Waals surface area contributed by atoms with Crippen LogP contribution in [0, 0.1) is 18.8 Å². The van der Waals surface area contributed by atoms with Gasteiger partial charge in [0.25, 0.3) is 0 Å². The van der Waals surface area contributed by atoms with Gasteiger partial charge in [0, 0.05) is 26.3 Å². The van der Waals surface area contributed by atoms with E-state index in [-0.39, 0.29) is 0 Å². The number of anilines is 1. The molecule has 0 N–H and O–H groups in total. The zero-order valence-electron chi connectivity index (χ0n) is 18.9. The van der Waals surface area contributed by atoms with Gasteiger partial charge in [-0.15, -0.1) is 0 Å². The Morgan fingerprint density at radius 1 is 1.07 bits per heavy atom. The molecule has 2 atom stereocenters. The molecule has 1 aliphatic heterocycles. The fraction of sp³-hybridized carbons (Fsp3) is 0.760. The van der Waals surface area contributed by atoms with Crippen molar-refractivity contribution in [2.75, 3.05) is 38.6 Å². The van der Waals surface area contributed by atoms with Crippen molar-refractivity contribution in [1.29, 1.82) is 0 Å². The first-order chi connectivity index (χ1) is 12.9. The number of likely N-dealkylation sites (tertiary alicyclic amines) is 1. The van der Waals surface area contributed by atoms with Crippen LogP contribution in [0.5, 0.6) is 0 Å². The first-order valence-electron chi connectivity index (χ1n) is 11.4. The van der Waals surface area contributed by atoms with Crippen LogP contribution in [0.25, 0.3) is 0 Å². The number of hydrogen-bond donors (Lipinski definition) is 0. The van der Waals surface area contributed by atoms with Crippen LogP contribution >= 0.6 is 0 Å². The third-order valence-electron chi connectivity index (χ3n) is 6.75. The van der Waals surface area contributed by atoms with Crippen LogP contribution in [0.1, 0.15) is 82.8 Å². The van der Waals surface area contributed by atoms with E-state index in [1.165, 1.54) is 75.8 Å². The van der Waals surface area contributed by atoms with Crippen molar-refractivity contribution in [2.45, 2.75) is 78.6 Å². The summed E-state index contributed by atoms with van der Waals surface area (Å²) < 4.78 is 0. The fourth-order valence-corrected chi connectivity index (χ4v) is 4.64. The van der Waals surface area contributed by atoms with Crippen molar-refractivity contribution in [2.24, 2.45) is 11.8 Å². The number of hydrogen-bond acceptors (Lipinski definition) is 2. The van der Waals surface area contributed by atoms with Gasteiger partial charge in [-0.25, -0.2) is 0 Å². The zero-order valence-corrected chi connectivity index (χ0v) is 18.9. The highest BCUT2D eigenvalue weighted by molar-refractivity contribution is 5.54. The second kappa shape index (κ2) is 11.1. The van der Waals surface area contributed by atoms with Gasteiger partial charge in [0.2, 0.25) is 0 Å². The Balaban J connectivity index is 1.87. The third-order valence-corrected chi connectivity index (χ3v) is 6.75. The third kappa shape index (κ3) is 6.82. The zero-order chi connectivity index (χ0) is 19.8. The summed E-state index contributed by atoms with van der Waals surface area (Å²) in [6, 6.07) is 7.11. The largest absolute Gasteiger partial charge is 0.377 e. The van der Waals surface area contributed by atoms with E-state index in [2.05, 4.69) is 69.8 Å².